The SMILES string of the molecule is CC/C=C\C/C=C\C/C=C\C/C=C\C/C=C\C/C=C\C/C=C\C/C=C\C/C=C\C/C=C\CCCCCCC(=O)OCC(COC(=O)CCCCCCCCC)OC(=O)CCCCCCC/C=C\C/C=C\C/C=C\CC. The van der Waals surface area contributed by atoms with Gasteiger partial charge in [-0.25, -0.2) is 0 Å². The first-order valence-corrected chi connectivity index (χ1v) is 30.0. The molecular weight excluding hydrogens is 925 g/mol. The van der Waals surface area contributed by atoms with Crippen molar-refractivity contribution in [2.75, 3.05) is 13.2 Å². The van der Waals surface area contributed by atoms with Crippen LogP contribution in [-0.2, 0) is 28.6 Å². The van der Waals surface area contributed by atoms with E-state index < -0.39 is 6.10 Å². The molecule has 6 heteroatoms. The topological polar surface area (TPSA) is 78.9 Å². The zero-order chi connectivity index (χ0) is 54.3. The fraction of sp³-hybridized carbons (Fsp3) is 0.580. The zero-order valence-corrected chi connectivity index (χ0v) is 48.0. The summed E-state index contributed by atoms with van der Waals surface area (Å²) in [6.45, 7) is 6.31. The molecule has 0 amide bonds. The molecule has 0 N–H and O–H groups in total. The lowest BCUT2D eigenvalue weighted by Gasteiger charge is -2.18. The maximum Gasteiger partial charge on any atom is 0.306 e. The molecule has 0 fully saturated rings. The molecule has 0 saturated carbocycles. The van der Waals surface area contributed by atoms with Crippen molar-refractivity contribution in [2.45, 2.75) is 245 Å². The molecule has 0 spiro atoms. The summed E-state index contributed by atoms with van der Waals surface area (Å²) in [5.41, 5.74) is 0. The standard InChI is InChI=1S/C69H108O6/c1-4-7-10-13-16-18-20-22-24-25-26-27-28-29-30-31-32-33-34-35-36-37-38-39-40-41-42-43-45-46-48-50-53-56-59-62-68(71)74-65-66(64-73-67(70)61-58-55-52-15-12-9-6-3)75-69(72)63-60-57-54-51-49-47-44-23-21-19-17-14-11-8-5-2/h7-8,10-11,16-19,22-24,26-27,29-30,32-33,35-36,38-39,41-42,44-46,66H,4-6,9,12-15,20-21,25,28,31,34,37,40,43,47-65H2,1-3H3/b10-7-,11-8-,18-16-,19-17-,24-22-,27-26-,30-29-,33-32-,36-35-,39-38-,42-41-,44-23-,46-45-. The van der Waals surface area contributed by atoms with E-state index in [9.17, 15) is 14.4 Å². The number of ether oxygens (including phenoxy) is 3. The third-order valence-electron chi connectivity index (χ3n) is 12.0. The molecule has 0 aliphatic carbocycles. The summed E-state index contributed by atoms with van der Waals surface area (Å²) >= 11 is 0. The van der Waals surface area contributed by atoms with Crippen LogP contribution in [0.25, 0.3) is 0 Å². The second-order valence-corrected chi connectivity index (χ2v) is 19.1. The Labute approximate surface area is 460 Å². The minimum absolute atomic E-state index is 0.0982. The number of unbranched alkanes of at least 4 members (excludes halogenated alkanes) is 15. The van der Waals surface area contributed by atoms with Crippen molar-refractivity contribution in [3.05, 3.63) is 158 Å². The van der Waals surface area contributed by atoms with E-state index in [-0.39, 0.29) is 31.1 Å². The molecular formula is C69H108O6. The zero-order valence-electron chi connectivity index (χ0n) is 48.0. The van der Waals surface area contributed by atoms with Crippen LogP contribution in [0.2, 0.25) is 0 Å². The molecule has 0 saturated heterocycles. The fourth-order valence-electron chi connectivity index (χ4n) is 7.60. The van der Waals surface area contributed by atoms with E-state index in [2.05, 4.69) is 179 Å². The van der Waals surface area contributed by atoms with Crippen molar-refractivity contribution >= 4 is 17.9 Å². The molecule has 6 nitrogen and oxygen atoms in total. The fourth-order valence-corrected chi connectivity index (χ4v) is 7.60. The van der Waals surface area contributed by atoms with Crippen LogP contribution < -0.4 is 0 Å². The smallest absolute Gasteiger partial charge is 0.306 e. The summed E-state index contributed by atoms with van der Waals surface area (Å²) in [5, 5.41) is 0. The molecule has 0 bridgehead atoms. The van der Waals surface area contributed by atoms with Crippen molar-refractivity contribution in [3.63, 3.8) is 0 Å². The summed E-state index contributed by atoms with van der Waals surface area (Å²) in [4.78, 5) is 37.9. The highest BCUT2D eigenvalue weighted by Gasteiger charge is 2.19. The summed E-state index contributed by atoms with van der Waals surface area (Å²) in [6.07, 6.45) is 89.8. The molecule has 75 heavy (non-hydrogen) atoms. The van der Waals surface area contributed by atoms with Gasteiger partial charge in [-0.3, -0.25) is 14.4 Å². The first-order chi connectivity index (χ1) is 37.0. The van der Waals surface area contributed by atoms with Gasteiger partial charge in [0.15, 0.2) is 6.10 Å². The Morgan fingerprint density at radius 1 is 0.280 bits per heavy atom. The lowest BCUT2D eigenvalue weighted by atomic mass is 10.1. The molecule has 0 aliphatic rings. The first kappa shape index (κ1) is 70.0. The third kappa shape index (κ3) is 59.8. The third-order valence-corrected chi connectivity index (χ3v) is 12.0. The van der Waals surface area contributed by atoms with Gasteiger partial charge in [0.1, 0.15) is 13.2 Å². The minimum Gasteiger partial charge on any atom is -0.462 e. The van der Waals surface area contributed by atoms with Gasteiger partial charge in [0.2, 0.25) is 0 Å². The first-order valence-electron chi connectivity index (χ1n) is 30.0. The molecule has 0 aliphatic heterocycles. The van der Waals surface area contributed by atoms with Crippen LogP contribution in [0.15, 0.2) is 158 Å². The van der Waals surface area contributed by atoms with Crippen LogP contribution in [0.1, 0.15) is 239 Å². The molecule has 0 aromatic heterocycles. The molecule has 1 unspecified atom stereocenters. The molecule has 0 aromatic rings. The van der Waals surface area contributed by atoms with E-state index in [1.54, 1.807) is 0 Å². The number of carbonyl (C=O) groups excluding carboxylic acids is 3. The molecule has 0 radical (unpaired) electrons. The van der Waals surface area contributed by atoms with Crippen molar-refractivity contribution in [1.29, 1.82) is 0 Å². The average Bonchev–Trinajstić information content (AvgIpc) is 3.41. The number of esters is 3. The number of rotatable bonds is 52. The maximum atomic E-state index is 12.8. The highest BCUT2D eigenvalue weighted by molar-refractivity contribution is 5.71. The van der Waals surface area contributed by atoms with Gasteiger partial charge in [-0.15, -0.1) is 0 Å². The van der Waals surface area contributed by atoms with Gasteiger partial charge >= 0.3 is 17.9 Å². The van der Waals surface area contributed by atoms with Crippen molar-refractivity contribution in [2.24, 2.45) is 0 Å². The normalized spacial score (nSPS) is 13.3. The van der Waals surface area contributed by atoms with E-state index in [1.165, 1.54) is 25.7 Å². The van der Waals surface area contributed by atoms with Crippen molar-refractivity contribution in [1.82, 2.24) is 0 Å². The highest BCUT2D eigenvalue weighted by atomic mass is 16.6. The Morgan fingerprint density at radius 3 is 0.813 bits per heavy atom. The van der Waals surface area contributed by atoms with E-state index in [0.717, 1.165) is 173 Å². The van der Waals surface area contributed by atoms with Crippen molar-refractivity contribution in [3.8, 4) is 0 Å². The van der Waals surface area contributed by atoms with Gasteiger partial charge in [0.05, 0.1) is 0 Å². The van der Waals surface area contributed by atoms with E-state index in [1.807, 2.05) is 0 Å². The Kier molecular flexibility index (Phi) is 57.5. The van der Waals surface area contributed by atoms with Gasteiger partial charge in [0, 0.05) is 19.3 Å². The van der Waals surface area contributed by atoms with Crippen LogP contribution in [-0.4, -0.2) is 37.2 Å². The lowest BCUT2D eigenvalue weighted by molar-refractivity contribution is -0.167. The van der Waals surface area contributed by atoms with Crippen LogP contribution in [0.3, 0.4) is 0 Å². The van der Waals surface area contributed by atoms with Crippen molar-refractivity contribution < 1.29 is 28.6 Å². The summed E-state index contributed by atoms with van der Waals surface area (Å²) < 4.78 is 16.7. The minimum atomic E-state index is -0.801. The Balaban J connectivity index is 4.22. The lowest BCUT2D eigenvalue weighted by Crippen LogP contribution is -2.30. The Hall–Kier alpha value is -4.97. The Bertz CT molecular complexity index is 1710. The number of allylic oxidation sites excluding steroid dienone is 26. The number of hydrogen-bond acceptors (Lipinski definition) is 6. The summed E-state index contributed by atoms with van der Waals surface area (Å²) in [5.74, 6) is -0.957. The maximum absolute atomic E-state index is 12.8. The second-order valence-electron chi connectivity index (χ2n) is 19.1. The van der Waals surface area contributed by atoms with Crippen LogP contribution in [0.4, 0.5) is 0 Å². The average molecular weight is 1030 g/mol. The predicted octanol–water partition coefficient (Wildman–Crippen LogP) is 20.5. The van der Waals surface area contributed by atoms with Crippen LogP contribution in [0, 0.1) is 0 Å². The number of hydrogen-bond donors (Lipinski definition) is 0. The van der Waals surface area contributed by atoms with E-state index in [0.29, 0.717) is 19.3 Å². The molecule has 0 heterocycles. The predicted molar refractivity (Wildman–Crippen MR) is 325 cm³/mol. The van der Waals surface area contributed by atoms with Gasteiger partial charge in [-0.05, 0) is 128 Å². The summed E-state index contributed by atoms with van der Waals surface area (Å²) in [6, 6.07) is 0. The Morgan fingerprint density at radius 2 is 0.520 bits per heavy atom. The van der Waals surface area contributed by atoms with Crippen LogP contribution in [0.5, 0.6) is 0 Å². The molecule has 1 atom stereocenters. The largest absolute Gasteiger partial charge is 0.462 e. The second kappa shape index (κ2) is 61.6. The monoisotopic (exact) mass is 1030 g/mol. The quantitative estimate of drug-likeness (QED) is 0.0261. The highest BCUT2D eigenvalue weighted by Crippen LogP contribution is 2.13. The van der Waals surface area contributed by atoms with Gasteiger partial charge in [-0.2, -0.15) is 0 Å². The van der Waals surface area contributed by atoms with Gasteiger partial charge < -0.3 is 14.2 Å². The molecule has 420 valence electrons. The van der Waals surface area contributed by atoms with Gasteiger partial charge in [-0.1, -0.05) is 249 Å². The van der Waals surface area contributed by atoms with Gasteiger partial charge in [0.25, 0.3) is 0 Å². The van der Waals surface area contributed by atoms with E-state index in [4.69, 9.17) is 14.2 Å². The number of carbonyl (C=O) groups is 3. The van der Waals surface area contributed by atoms with E-state index >= 15 is 0 Å². The molecule has 0 aromatic carbocycles. The van der Waals surface area contributed by atoms with Crippen LogP contribution >= 0.6 is 0 Å². The molecule has 0 rings (SSSR count). The summed E-state index contributed by atoms with van der Waals surface area (Å²) in [7, 11) is 0.